The SMILES string of the molecule is CC(C)(C)c1ccc(N(c2ccc3c(c2)-c2ccccc2C3(C)C)c2ccc3ccccc3c2-c2cccc3oc4ccccc4c23)c2ccccc12. The Bertz CT molecular complexity index is 2920. The topological polar surface area (TPSA) is 16.4 Å². The van der Waals surface area contributed by atoms with Crippen LogP contribution in [0.5, 0.6) is 0 Å². The number of nitrogens with zero attached hydrogens (tertiary/aromatic N) is 1. The van der Waals surface area contributed by atoms with Crippen LogP contribution in [0, 0.1) is 0 Å². The van der Waals surface area contributed by atoms with Crippen LogP contribution in [0.1, 0.15) is 51.3 Å². The van der Waals surface area contributed by atoms with Gasteiger partial charge in [-0.2, -0.15) is 0 Å². The Hall–Kier alpha value is -6.12. The van der Waals surface area contributed by atoms with Gasteiger partial charge in [0, 0.05) is 32.8 Å². The van der Waals surface area contributed by atoms with Gasteiger partial charge in [-0.3, -0.25) is 0 Å². The van der Waals surface area contributed by atoms with Gasteiger partial charge >= 0.3 is 0 Å². The van der Waals surface area contributed by atoms with Crippen molar-refractivity contribution in [3.8, 4) is 22.3 Å². The van der Waals surface area contributed by atoms with Crippen molar-refractivity contribution in [2.75, 3.05) is 4.90 Å². The predicted molar refractivity (Wildman–Crippen MR) is 225 cm³/mol. The molecule has 0 N–H and O–H groups in total. The summed E-state index contributed by atoms with van der Waals surface area (Å²) in [5.74, 6) is 0. The minimum absolute atomic E-state index is 0.0160. The first kappa shape index (κ1) is 31.6. The minimum atomic E-state index is -0.0809. The van der Waals surface area contributed by atoms with Crippen LogP contribution < -0.4 is 4.90 Å². The van der Waals surface area contributed by atoms with E-state index in [-0.39, 0.29) is 10.8 Å². The maximum Gasteiger partial charge on any atom is 0.136 e. The fraction of sp³-hybridized carbons (Fsp3) is 0.137. The quantitative estimate of drug-likeness (QED) is 0.184. The summed E-state index contributed by atoms with van der Waals surface area (Å²) >= 11 is 0. The van der Waals surface area contributed by atoms with Gasteiger partial charge in [-0.25, -0.2) is 0 Å². The molecule has 53 heavy (non-hydrogen) atoms. The van der Waals surface area contributed by atoms with Gasteiger partial charge in [-0.05, 0) is 91.4 Å². The van der Waals surface area contributed by atoms with Crippen LogP contribution in [-0.2, 0) is 10.8 Å². The maximum atomic E-state index is 6.49. The molecular weight excluding hydrogens is 643 g/mol. The Balaban J connectivity index is 1.34. The lowest BCUT2D eigenvalue weighted by molar-refractivity contribution is 0.596. The third-order valence-electron chi connectivity index (χ3n) is 11.6. The zero-order valence-corrected chi connectivity index (χ0v) is 30.9. The second kappa shape index (κ2) is 11.4. The monoisotopic (exact) mass is 683 g/mol. The van der Waals surface area contributed by atoms with Crippen LogP contribution in [0.4, 0.5) is 17.1 Å². The number of anilines is 3. The van der Waals surface area contributed by atoms with Crippen LogP contribution in [0.25, 0.3) is 65.7 Å². The van der Waals surface area contributed by atoms with Crippen molar-refractivity contribution in [1.82, 2.24) is 0 Å². The van der Waals surface area contributed by atoms with E-state index in [0.29, 0.717) is 0 Å². The van der Waals surface area contributed by atoms with E-state index in [1.54, 1.807) is 0 Å². The third kappa shape index (κ3) is 4.71. The van der Waals surface area contributed by atoms with Gasteiger partial charge in [0.15, 0.2) is 0 Å². The highest BCUT2D eigenvalue weighted by atomic mass is 16.3. The molecule has 0 amide bonds. The summed E-state index contributed by atoms with van der Waals surface area (Å²) in [6.45, 7) is 11.6. The van der Waals surface area contributed by atoms with Gasteiger partial charge in [-0.15, -0.1) is 0 Å². The standard InChI is InChI=1S/C51H41NO/c1-50(2,3)41-28-30-44(37-19-9-8-17-35(37)41)52(33-26-27-43-40(31-33)36-18-10-12-22-42(36)51(43,4)5)45-29-25-32-15-6-7-16-34(32)48(45)39-21-14-24-47-49(39)38-20-11-13-23-46(38)53-47/h6-31H,1-5H3. The van der Waals surface area contributed by atoms with Crippen molar-refractivity contribution in [3.63, 3.8) is 0 Å². The zero-order chi connectivity index (χ0) is 36.1. The highest BCUT2D eigenvalue weighted by molar-refractivity contribution is 6.18. The minimum Gasteiger partial charge on any atom is -0.456 e. The molecule has 0 radical (unpaired) electrons. The molecule has 0 saturated carbocycles. The van der Waals surface area contributed by atoms with E-state index in [1.807, 2.05) is 0 Å². The van der Waals surface area contributed by atoms with E-state index in [9.17, 15) is 0 Å². The van der Waals surface area contributed by atoms with Crippen LogP contribution >= 0.6 is 0 Å². The van der Waals surface area contributed by atoms with Crippen LogP contribution in [0.15, 0.2) is 162 Å². The van der Waals surface area contributed by atoms with Crippen molar-refractivity contribution in [2.45, 2.75) is 45.4 Å². The molecule has 0 fully saturated rings. The lowest BCUT2D eigenvalue weighted by Gasteiger charge is -2.32. The number of rotatable bonds is 4. The summed E-state index contributed by atoms with van der Waals surface area (Å²) in [5.41, 5.74) is 14.2. The number of fused-ring (bicyclic) bond motifs is 8. The van der Waals surface area contributed by atoms with Gasteiger partial charge in [0.25, 0.3) is 0 Å². The Labute approximate surface area is 310 Å². The lowest BCUT2D eigenvalue weighted by Crippen LogP contribution is -2.16. The molecule has 0 spiro atoms. The smallest absolute Gasteiger partial charge is 0.136 e. The highest BCUT2D eigenvalue weighted by Gasteiger charge is 2.36. The van der Waals surface area contributed by atoms with E-state index >= 15 is 0 Å². The molecule has 1 aliphatic carbocycles. The molecule has 9 aromatic rings. The molecule has 256 valence electrons. The molecule has 2 heteroatoms. The molecule has 8 aromatic carbocycles. The van der Waals surface area contributed by atoms with Gasteiger partial charge < -0.3 is 9.32 Å². The fourth-order valence-corrected chi connectivity index (χ4v) is 9.10. The van der Waals surface area contributed by atoms with Crippen molar-refractivity contribution in [2.24, 2.45) is 0 Å². The summed E-state index contributed by atoms with van der Waals surface area (Å²) in [6, 6.07) is 58.0. The molecule has 1 aliphatic rings. The van der Waals surface area contributed by atoms with E-state index in [1.165, 1.54) is 54.9 Å². The molecule has 10 rings (SSSR count). The molecule has 1 heterocycles. The van der Waals surface area contributed by atoms with Crippen LogP contribution in [0.2, 0.25) is 0 Å². The summed E-state index contributed by atoms with van der Waals surface area (Å²) in [4.78, 5) is 2.52. The molecule has 0 atom stereocenters. The second-order valence-electron chi connectivity index (χ2n) is 16.1. The van der Waals surface area contributed by atoms with Gasteiger partial charge in [0.05, 0.1) is 11.4 Å². The molecular formula is C51H41NO. The maximum absolute atomic E-state index is 6.49. The predicted octanol–water partition coefficient (Wildman–Crippen LogP) is 14.6. The number of furan rings is 1. The van der Waals surface area contributed by atoms with Crippen molar-refractivity contribution in [3.05, 3.63) is 174 Å². The second-order valence-corrected chi connectivity index (χ2v) is 16.1. The van der Waals surface area contributed by atoms with Crippen molar-refractivity contribution < 1.29 is 4.42 Å². The first-order chi connectivity index (χ1) is 25.7. The first-order valence-corrected chi connectivity index (χ1v) is 18.7. The number of hydrogen-bond acceptors (Lipinski definition) is 2. The zero-order valence-electron chi connectivity index (χ0n) is 30.9. The normalized spacial score (nSPS) is 13.5. The summed E-state index contributed by atoms with van der Waals surface area (Å²) in [5, 5.41) is 7.18. The Morgan fingerprint density at radius 2 is 1.13 bits per heavy atom. The number of benzene rings is 8. The van der Waals surface area contributed by atoms with E-state index < -0.39 is 0 Å². The Morgan fingerprint density at radius 1 is 0.491 bits per heavy atom. The molecule has 0 aliphatic heterocycles. The first-order valence-electron chi connectivity index (χ1n) is 18.7. The van der Waals surface area contributed by atoms with Crippen LogP contribution in [-0.4, -0.2) is 0 Å². The van der Waals surface area contributed by atoms with Crippen LogP contribution in [0.3, 0.4) is 0 Å². The van der Waals surface area contributed by atoms with E-state index in [0.717, 1.165) is 44.6 Å². The average Bonchev–Trinajstić information content (AvgIpc) is 3.66. The van der Waals surface area contributed by atoms with Gasteiger partial charge in [-0.1, -0.05) is 156 Å². The van der Waals surface area contributed by atoms with E-state index in [2.05, 4.69) is 197 Å². The van der Waals surface area contributed by atoms with Gasteiger partial charge in [0.2, 0.25) is 0 Å². The highest BCUT2D eigenvalue weighted by Crippen LogP contribution is 2.53. The van der Waals surface area contributed by atoms with Crippen molar-refractivity contribution >= 4 is 60.5 Å². The molecule has 0 saturated heterocycles. The number of hydrogen-bond donors (Lipinski definition) is 0. The largest absolute Gasteiger partial charge is 0.456 e. The lowest BCUT2D eigenvalue weighted by atomic mass is 9.82. The Kier molecular flexibility index (Phi) is 6.82. The third-order valence-corrected chi connectivity index (χ3v) is 11.6. The average molecular weight is 684 g/mol. The molecule has 1 aromatic heterocycles. The Morgan fingerprint density at radius 3 is 1.96 bits per heavy atom. The number of para-hydroxylation sites is 1. The van der Waals surface area contributed by atoms with Gasteiger partial charge in [0.1, 0.15) is 11.2 Å². The molecule has 2 nitrogen and oxygen atoms in total. The molecule has 0 bridgehead atoms. The van der Waals surface area contributed by atoms with E-state index in [4.69, 9.17) is 4.42 Å². The summed E-state index contributed by atoms with van der Waals surface area (Å²) in [6.07, 6.45) is 0. The summed E-state index contributed by atoms with van der Waals surface area (Å²) < 4.78 is 6.49. The van der Waals surface area contributed by atoms with Crippen molar-refractivity contribution in [1.29, 1.82) is 0 Å². The molecule has 0 unspecified atom stereocenters. The fourth-order valence-electron chi connectivity index (χ4n) is 9.10. The summed E-state index contributed by atoms with van der Waals surface area (Å²) in [7, 11) is 0.